The Morgan fingerprint density at radius 1 is 0.889 bits per heavy atom. The van der Waals surface area contributed by atoms with Gasteiger partial charge in [-0.25, -0.2) is 13.5 Å². The average molecular weight is 485 g/mol. The molecule has 0 bridgehead atoms. The van der Waals surface area contributed by atoms with Gasteiger partial charge in [0.15, 0.2) is 6.61 Å². The normalized spacial score (nSPS) is 15.0. The quantitative estimate of drug-likeness (QED) is 0.289. The molecule has 0 atom stereocenters. The minimum absolute atomic E-state index is 0.227. The van der Waals surface area contributed by atoms with Crippen LogP contribution in [-0.4, -0.2) is 58.5 Å². The number of aliphatic hydroxyl groups excluding tert-OH is 1. The van der Waals surface area contributed by atoms with E-state index in [1.165, 1.54) is 0 Å². The second-order valence-electron chi connectivity index (χ2n) is 6.30. The third-order valence-corrected chi connectivity index (χ3v) is 3.26. The second-order valence-corrected chi connectivity index (χ2v) is 8.28. The lowest BCUT2D eigenvalue weighted by molar-refractivity contribution is -0.500. The van der Waals surface area contributed by atoms with Crippen molar-refractivity contribution in [2.45, 2.75) is 61.9 Å². The summed E-state index contributed by atoms with van der Waals surface area (Å²) in [6, 6.07) is 0. The zero-order valence-electron chi connectivity index (χ0n) is 14.4. The summed E-state index contributed by atoms with van der Waals surface area (Å²) in [4.78, 5) is 11.3. The van der Waals surface area contributed by atoms with E-state index in [-0.39, 0.29) is 13.8 Å². The van der Waals surface area contributed by atoms with Crippen LogP contribution < -0.4 is 0 Å². The maximum atomic E-state index is 13.5. The smallest absolute Gasteiger partial charge is 0.453 e. The molecule has 0 spiro atoms. The number of esters is 1. The Labute approximate surface area is 157 Å². The van der Waals surface area contributed by atoms with Gasteiger partial charge in [-0.3, -0.25) is 4.79 Å². The van der Waals surface area contributed by atoms with Crippen molar-refractivity contribution in [2.24, 2.45) is 0 Å². The topological polar surface area (TPSA) is 65.0 Å². The molecular weight excluding hydrogens is 468 g/mol. The standard InChI is InChI=1S/C13H17BrF8O5/c1-8(2,14)7(24)25-6-11(17,18)27-13(21,22)12(19,20)26-9(3,4)10(15,16)5-23/h23H,5-6H2,1-4H3. The van der Waals surface area contributed by atoms with Crippen LogP contribution in [0.25, 0.3) is 0 Å². The molecule has 1 N–H and O–H groups in total. The van der Waals surface area contributed by atoms with Crippen LogP contribution in [0.1, 0.15) is 27.7 Å². The van der Waals surface area contributed by atoms with Gasteiger partial charge in [0, 0.05) is 0 Å². The van der Waals surface area contributed by atoms with Crippen LogP contribution in [0.5, 0.6) is 0 Å². The summed E-state index contributed by atoms with van der Waals surface area (Å²) in [7, 11) is 0. The van der Waals surface area contributed by atoms with E-state index < -0.39 is 53.4 Å². The van der Waals surface area contributed by atoms with Crippen LogP contribution in [-0.2, 0) is 19.0 Å². The van der Waals surface area contributed by atoms with Crippen molar-refractivity contribution in [2.75, 3.05) is 13.2 Å². The molecule has 0 aromatic carbocycles. The van der Waals surface area contributed by atoms with E-state index in [4.69, 9.17) is 5.11 Å². The van der Waals surface area contributed by atoms with E-state index in [1.54, 1.807) is 0 Å². The maximum Gasteiger partial charge on any atom is 0.453 e. The van der Waals surface area contributed by atoms with Crippen molar-refractivity contribution in [3.05, 3.63) is 0 Å². The number of rotatable bonds is 10. The SMILES string of the molecule is CC(C)(Br)C(=O)OCC(F)(F)OC(F)(F)C(F)(F)OC(C)(C)C(F)(F)CO. The van der Waals surface area contributed by atoms with Crippen molar-refractivity contribution in [3.8, 4) is 0 Å². The van der Waals surface area contributed by atoms with Gasteiger partial charge < -0.3 is 14.6 Å². The van der Waals surface area contributed by atoms with Crippen LogP contribution in [0.3, 0.4) is 0 Å². The van der Waals surface area contributed by atoms with E-state index in [1.807, 2.05) is 0 Å². The monoisotopic (exact) mass is 484 g/mol. The van der Waals surface area contributed by atoms with Crippen LogP contribution in [0.4, 0.5) is 35.1 Å². The van der Waals surface area contributed by atoms with E-state index in [2.05, 4.69) is 30.1 Å². The Balaban J connectivity index is 5.28. The van der Waals surface area contributed by atoms with Gasteiger partial charge in [0.25, 0.3) is 5.92 Å². The fourth-order valence-corrected chi connectivity index (χ4v) is 1.36. The first-order chi connectivity index (χ1) is 11.6. The van der Waals surface area contributed by atoms with Crippen LogP contribution in [0.2, 0.25) is 0 Å². The lowest BCUT2D eigenvalue weighted by Crippen LogP contribution is -2.58. The maximum absolute atomic E-state index is 13.5. The first-order valence-corrected chi connectivity index (χ1v) is 7.78. The average Bonchev–Trinajstić information content (AvgIpc) is 2.41. The number of halogens is 9. The van der Waals surface area contributed by atoms with Crippen molar-refractivity contribution >= 4 is 21.9 Å². The summed E-state index contributed by atoms with van der Waals surface area (Å²) in [6.45, 7) is -1.43. The van der Waals surface area contributed by atoms with Gasteiger partial charge in [-0.05, 0) is 27.7 Å². The number of hydrogen-bond acceptors (Lipinski definition) is 5. The molecule has 0 aromatic heterocycles. The van der Waals surface area contributed by atoms with Gasteiger partial charge in [-0.15, -0.1) is 0 Å². The number of ether oxygens (including phenoxy) is 3. The van der Waals surface area contributed by atoms with E-state index in [9.17, 15) is 39.9 Å². The number of aliphatic hydroxyl groups is 1. The zero-order valence-corrected chi connectivity index (χ0v) is 16.0. The molecule has 0 aromatic rings. The molecule has 0 rings (SSSR count). The molecule has 0 aliphatic rings. The van der Waals surface area contributed by atoms with Crippen molar-refractivity contribution in [3.63, 3.8) is 0 Å². The highest BCUT2D eigenvalue weighted by molar-refractivity contribution is 9.10. The number of alkyl halides is 9. The third-order valence-electron chi connectivity index (χ3n) is 2.94. The predicted molar refractivity (Wildman–Crippen MR) is 77.1 cm³/mol. The van der Waals surface area contributed by atoms with E-state index >= 15 is 0 Å². The first kappa shape index (κ1) is 26.3. The van der Waals surface area contributed by atoms with Crippen LogP contribution >= 0.6 is 15.9 Å². The highest BCUT2D eigenvalue weighted by atomic mass is 79.9. The minimum Gasteiger partial charge on any atom is -0.455 e. The fourth-order valence-electron chi connectivity index (χ4n) is 1.24. The van der Waals surface area contributed by atoms with Crippen LogP contribution in [0, 0.1) is 0 Å². The first-order valence-electron chi connectivity index (χ1n) is 6.99. The number of hydrogen-bond donors (Lipinski definition) is 1. The summed E-state index contributed by atoms with van der Waals surface area (Å²) >= 11 is 2.72. The van der Waals surface area contributed by atoms with Gasteiger partial charge in [0.1, 0.15) is 16.5 Å². The van der Waals surface area contributed by atoms with Gasteiger partial charge in [-0.1, -0.05) is 15.9 Å². The van der Waals surface area contributed by atoms with Crippen molar-refractivity contribution < 1.29 is 59.2 Å². The molecule has 0 aliphatic carbocycles. The molecule has 0 amide bonds. The molecule has 5 nitrogen and oxygen atoms in total. The molecule has 14 heteroatoms. The van der Waals surface area contributed by atoms with Gasteiger partial charge >= 0.3 is 24.3 Å². The molecule has 0 aliphatic heterocycles. The summed E-state index contributed by atoms with van der Waals surface area (Å²) in [5.41, 5.74) is -3.39. The largest absolute Gasteiger partial charge is 0.455 e. The molecule has 0 radical (unpaired) electrons. The number of carbonyl (C=O) groups excluding carboxylic acids is 1. The summed E-state index contributed by atoms with van der Waals surface area (Å²) in [5.74, 6) is -5.77. The Kier molecular flexibility index (Phi) is 7.74. The molecule has 0 saturated heterocycles. The summed E-state index contributed by atoms with van der Waals surface area (Å²) in [5, 5.41) is 8.44. The summed E-state index contributed by atoms with van der Waals surface area (Å²) in [6.07, 6.45) is -17.2. The Morgan fingerprint density at radius 3 is 1.67 bits per heavy atom. The lowest BCUT2D eigenvalue weighted by Gasteiger charge is -2.38. The molecule has 0 unspecified atom stereocenters. The van der Waals surface area contributed by atoms with Gasteiger partial charge in [-0.2, -0.15) is 26.3 Å². The molecular formula is C13H17BrF8O5. The van der Waals surface area contributed by atoms with Crippen molar-refractivity contribution in [1.82, 2.24) is 0 Å². The zero-order chi connectivity index (χ0) is 22.1. The lowest BCUT2D eigenvalue weighted by atomic mass is 10.0. The van der Waals surface area contributed by atoms with Gasteiger partial charge in [0.05, 0.1) is 0 Å². The van der Waals surface area contributed by atoms with E-state index in [0.717, 1.165) is 13.8 Å². The minimum atomic E-state index is -6.10. The molecule has 27 heavy (non-hydrogen) atoms. The highest BCUT2D eigenvalue weighted by Crippen LogP contribution is 2.45. The van der Waals surface area contributed by atoms with E-state index in [0.29, 0.717) is 0 Å². The fraction of sp³-hybridized carbons (Fsp3) is 0.923. The molecule has 0 saturated carbocycles. The molecule has 0 fully saturated rings. The molecule has 0 heterocycles. The molecule has 162 valence electrons. The Morgan fingerprint density at radius 2 is 1.30 bits per heavy atom. The highest BCUT2D eigenvalue weighted by Gasteiger charge is 2.68. The summed E-state index contributed by atoms with van der Waals surface area (Å²) < 4.78 is 116. The van der Waals surface area contributed by atoms with Crippen molar-refractivity contribution in [1.29, 1.82) is 0 Å². The van der Waals surface area contributed by atoms with Gasteiger partial charge in [0.2, 0.25) is 0 Å². The number of carbonyl (C=O) groups is 1. The predicted octanol–water partition coefficient (Wildman–Crippen LogP) is 3.92. The Bertz CT molecular complexity index is 533. The Hall–Kier alpha value is -0.730. The third kappa shape index (κ3) is 6.98. The van der Waals surface area contributed by atoms with Crippen LogP contribution in [0.15, 0.2) is 0 Å². The second kappa shape index (κ2) is 7.95.